The highest BCUT2D eigenvalue weighted by Crippen LogP contribution is 2.48. The Morgan fingerprint density at radius 3 is 2.30 bits per heavy atom. The Bertz CT molecular complexity index is 460. The quantitative estimate of drug-likeness (QED) is 0.805. The molecule has 3 rings (SSSR count). The molecule has 2 nitrogen and oxygen atoms in total. The Morgan fingerprint density at radius 1 is 1.10 bits per heavy atom. The first-order valence-electron chi connectivity index (χ1n) is 7.49. The summed E-state index contributed by atoms with van der Waals surface area (Å²) in [7, 11) is 0. The third-order valence-corrected chi connectivity index (χ3v) is 4.49. The van der Waals surface area contributed by atoms with Crippen LogP contribution in [0.4, 0.5) is 8.78 Å². The molecule has 2 aliphatic carbocycles. The largest absolute Gasteiger partial charge is 0.387 e. The van der Waals surface area contributed by atoms with Gasteiger partial charge in [0.2, 0.25) is 0 Å². The van der Waals surface area contributed by atoms with E-state index < -0.39 is 17.7 Å². The number of aliphatic hydroxyl groups is 1. The van der Waals surface area contributed by atoms with Gasteiger partial charge in [-0.15, -0.1) is 0 Å². The summed E-state index contributed by atoms with van der Waals surface area (Å²) in [5.74, 6) is 1.14. The molecule has 1 atom stereocenters. The summed E-state index contributed by atoms with van der Waals surface area (Å²) in [5.41, 5.74) is 0.160. The van der Waals surface area contributed by atoms with Crippen LogP contribution in [0.15, 0.2) is 18.2 Å². The molecule has 0 spiro atoms. The number of hydrogen-bond donors (Lipinski definition) is 2. The molecule has 1 aromatic rings. The van der Waals surface area contributed by atoms with E-state index in [1.54, 1.807) is 0 Å². The molecular weight excluding hydrogens is 260 g/mol. The average Bonchev–Trinajstić information content (AvgIpc) is 3.27. The van der Waals surface area contributed by atoms with Crippen molar-refractivity contribution in [1.82, 2.24) is 5.32 Å². The van der Waals surface area contributed by atoms with Gasteiger partial charge in [0.25, 0.3) is 0 Å². The number of aliphatic hydroxyl groups excluding tert-OH is 1. The van der Waals surface area contributed by atoms with Crippen LogP contribution in [0, 0.1) is 29.4 Å². The minimum atomic E-state index is -0.922. The summed E-state index contributed by atoms with van der Waals surface area (Å²) < 4.78 is 26.4. The minimum Gasteiger partial charge on any atom is -0.387 e. The van der Waals surface area contributed by atoms with Gasteiger partial charge in [-0.05, 0) is 56.0 Å². The summed E-state index contributed by atoms with van der Waals surface area (Å²) >= 11 is 0. The van der Waals surface area contributed by atoms with Crippen LogP contribution < -0.4 is 5.32 Å². The number of hydrogen-bond acceptors (Lipinski definition) is 2. The van der Waals surface area contributed by atoms with Crippen molar-refractivity contribution in [3.63, 3.8) is 0 Å². The number of nitrogens with one attached hydrogen (secondary N) is 1. The normalized spacial score (nSPS) is 20.4. The lowest BCUT2D eigenvalue weighted by atomic mass is 9.98. The lowest BCUT2D eigenvalue weighted by Gasteiger charge is -2.18. The van der Waals surface area contributed by atoms with E-state index in [1.807, 2.05) is 0 Å². The Labute approximate surface area is 118 Å². The van der Waals surface area contributed by atoms with E-state index in [9.17, 15) is 13.9 Å². The van der Waals surface area contributed by atoms with Crippen molar-refractivity contribution >= 4 is 0 Å². The van der Waals surface area contributed by atoms with Gasteiger partial charge in [-0.25, -0.2) is 8.78 Å². The molecule has 4 heteroatoms. The van der Waals surface area contributed by atoms with Crippen LogP contribution in [0.1, 0.15) is 37.4 Å². The Hall–Kier alpha value is -1.00. The van der Waals surface area contributed by atoms with E-state index in [4.69, 9.17) is 0 Å². The van der Waals surface area contributed by atoms with Gasteiger partial charge in [0.1, 0.15) is 11.6 Å². The zero-order chi connectivity index (χ0) is 14.1. The van der Waals surface area contributed by atoms with Crippen LogP contribution in [0.25, 0.3) is 0 Å². The Morgan fingerprint density at radius 2 is 1.75 bits per heavy atom. The first-order valence-corrected chi connectivity index (χ1v) is 7.49. The lowest BCUT2D eigenvalue weighted by Crippen LogP contribution is -2.29. The topological polar surface area (TPSA) is 32.3 Å². The second kappa shape index (κ2) is 5.78. The van der Waals surface area contributed by atoms with Gasteiger partial charge < -0.3 is 10.4 Å². The van der Waals surface area contributed by atoms with Crippen molar-refractivity contribution in [2.45, 2.75) is 31.8 Å². The molecule has 2 N–H and O–H groups in total. The first kappa shape index (κ1) is 14.0. The number of rotatable bonds is 7. The molecule has 2 aliphatic rings. The molecular formula is C16H21F2NO. The van der Waals surface area contributed by atoms with Crippen molar-refractivity contribution in [2.24, 2.45) is 17.8 Å². The highest BCUT2D eigenvalue weighted by atomic mass is 19.1. The van der Waals surface area contributed by atoms with Gasteiger partial charge in [-0.2, -0.15) is 0 Å². The molecule has 1 unspecified atom stereocenters. The SMILES string of the molecule is OC(CNCC(C1CC1)C1CC1)c1ccc(F)cc1F. The molecule has 0 aliphatic heterocycles. The summed E-state index contributed by atoms with van der Waals surface area (Å²) in [6.45, 7) is 1.22. The van der Waals surface area contributed by atoms with Gasteiger partial charge in [0.15, 0.2) is 0 Å². The number of benzene rings is 1. The van der Waals surface area contributed by atoms with Gasteiger partial charge in [-0.3, -0.25) is 0 Å². The molecule has 1 aromatic carbocycles. The summed E-state index contributed by atoms with van der Waals surface area (Å²) in [4.78, 5) is 0. The fourth-order valence-electron chi connectivity index (χ4n) is 3.04. The maximum absolute atomic E-state index is 13.5. The smallest absolute Gasteiger partial charge is 0.131 e. The van der Waals surface area contributed by atoms with E-state index in [1.165, 1.54) is 37.8 Å². The fourth-order valence-corrected chi connectivity index (χ4v) is 3.04. The standard InChI is InChI=1S/C16H21F2NO/c17-12-5-6-13(15(18)7-12)16(20)9-19-8-14(10-1-2-10)11-3-4-11/h5-7,10-11,14,16,19-20H,1-4,8-9H2. The Balaban J connectivity index is 1.49. The van der Waals surface area contributed by atoms with Gasteiger partial charge in [0, 0.05) is 18.2 Å². The molecule has 0 amide bonds. The van der Waals surface area contributed by atoms with Gasteiger partial charge >= 0.3 is 0 Å². The predicted molar refractivity (Wildman–Crippen MR) is 73.1 cm³/mol. The predicted octanol–water partition coefficient (Wildman–Crippen LogP) is 3.02. The summed E-state index contributed by atoms with van der Waals surface area (Å²) in [6, 6.07) is 3.31. The monoisotopic (exact) mass is 281 g/mol. The molecule has 2 saturated carbocycles. The molecule has 0 heterocycles. The van der Waals surface area contributed by atoms with E-state index >= 15 is 0 Å². The summed E-state index contributed by atoms with van der Waals surface area (Å²) in [5, 5.41) is 13.2. The minimum absolute atomic E-state index is 0.160. The second-order valence-electron chi connectivity index (χ2n) is 6.18. The van der Waals surface area contributed by atoms with Crippen molar-refractivity contribution in [3.8, 4) is 0 Å². The fraction of sp³-hybridized carbons (Fsp3) is 0.625. The van der Waals surface area contributed by atoms with Crippen LogP contribution >= 0.6 is 0 Å². The summed E-state index contributed by atoms with van der Waals surface area (Å²) in [6.07, 6.45) is 4.40. The zero-order valence-corrected chi connectivity index (χ0v) is 11.5. The van der Waals surface area contributed by atoms with Crippen molar-refractivity contribution in [1.29, 1.82) is 0 Å². The molecule has 0 saturated heterocycles. The van der Waals surface area contributed by atoms with E-state index in [-0.39, 0.29) is 5.56 Å². The zero-order valence-electron chi connectivity index (χ0n) is 11.5. The second-order valence-corrected chi connectivity index (χ2v) is 6.18. The average molecular weight is 281 g/mol. The van der Waals surface area contributed by atoms with Crippen LogP contribution in [0.2, 0.25) is 0 Å². The van der Waals surface area contributed by atoms with Gasteiger partial charge in [-0.1, -0.05) is 6.07 Å². The van der Waals surface area contributed by atoms with E-state index in [0.717, 1.165) is 30.4 Å². The third-order valence-electron chi connectivity index (χ3n) is 4.49. The molecule has 2 fully saturated rings. The Kier molecular flexibility index (Phi) is 4.03. The molecule has 110 valence electrons. The molecule has 0 bridgehead atoms. The first-order chi connectivity index (χ1) is 9.65. The van der Waals surface area contributed by atoms with E-state index in [0.29, 0.717) is 6.54 Å². The third kappa shape index (κ3) is 3.36. The van der Waals surface area contributed by atoms with E-state index in [2.05, 4.69) is 5.32 Å². The van der Waals surface area contributed by atoms with Crippen LogP contribution in [-0.2, 0) is 0 Å². The number of halogens is 2. The van der Waals surface area contributed by atoms with Crippen LogP contribution in [0.3, 0.4) is 0 Å². The molecule has 0 radical (unpaired) electrons. The van der Waals surface area contributed by atoms with Crippen molar-refractivity contribution < 1.29 is 13.9 Å². The van der Waals surface area contributed by atoms with Crippen LogP contribution in [-0.4, -0.2) is 18.2 Å². The van der Waals surface area contributed by atoms with Crippen molar-refractivity contribution in [3.05, 3.63) is 35.4 Å². The van der Waals surface area contributed by atoms with Crippen LogP contribution in [0.5, 0.6) is 0 Å². The van der Waals surface area contributed by atoms with Crippen molar-refractivity contribution in [2.75, 3.05) is 13.1 Å². The molecule has 20 heavy (non-hydrogen) atoms. The maximum atomic E-state index is 13.5. The highest BCUT2D eigenvalue weighted by Gasteiger charge is 2.40. The lowest BCUT2D eigenvalue weighted by molar-refractivity contribution is 0.166. The highest BCUT2D eigenvalue weighted by molar-refractivity contribution is 5.21. The molecule has 0 aromatic heterocycles. The van der Waals surface area contributed by atoms with Gasteiger partial charge in [0.05, 0.1) is 6.10 Å². The maximum Gasteiger partial charge on any atom is 0.131 e.